The molecule has 17 heteroatoms. The predicted octanol–water partition coefficient (Wildman–Crippen LogP) is 8.02. The molecule has 0 aliphatic rings. The zero-order valence-electron chi connectivity index (χ0n) is 28.1. The van der Waals surface area contributed by atoms with E-state index in [1.165, 1.54) is 11.3 Å². The van der Waals surface area contributed by atoms with E-state index in [0.717, 1.165) is 33.1 Å². The molecule has 2 aromatic carbocycles. The Hall–Kier alpha value is -4.25. The number of nitrogens with zero attached hydrogens (tertiary/aromatic N) is 2. The number of aliphatic hydroxyl groups is 1. The van der Waals surface area contributed by atoms with E-state index in [-0.39, 0.29) is 40.2 Å². The largest absolute Gasteiger partial charge is 0.476 e. The Morgan fingerprint density at radius 2 is 1.14 bits per heavy atom. The smallest absolute Gasteiger partial charge is 0.358 e. The van der Waals surface area contributed by atoms with Crippen LogP contribution in [-0.2, 0) is 14.0 Å². The normalized spacial score (nSPS) is 10.7. The molecule has 4 N–H and O–H groups in total. The first-order valence-electron chi connectivity index (χ1n) is 15.0. The van der Waals surface area contributed by atoms with Crippen LogP contribution in [0.1, 0.15) is 89.2 Å². The van der Waals surface area contributed by atoms with E-state index >= 15 is 0 Å². The maximum absolute atomic E-state index is 12.7. The second-order valence-corrected chi connectivity index (χ2v) is 16.0. The van der Waals surface area contributed by atoms with Crippen LogP contribution in [0.3, 0.4) is 0 Å². The number of carboxylic acids is 1. The number of aromatic carboxylic acids is 1. The van der Waals surface area contributed by atoms with Gasteiger partial charge in [-0.1, -0.05) is 36.4 Å². The molecule has 4 heterocycles. The summed E-state index contributed by atoms with van der Waals surface area (Å²) in [5.74, 6) is -2.06. The number of aliphatic hydroxyl groups excluding tert-OH is 1. The highest BCUT2D eigenvalue weighted by molar-refractivity contribution is 8.26. The van der Waals surface area contributed by atoms with E-state index in [1.807, 2.05) is 48.5 Å². The maximum Gasteiger partial charge on any atom is 0.358 e. The number of rotatable bonds is 7. The van der Waals surface area contributed by atoms with Crippen LogP contribution in [0.15, 0.2) is 60.9 Å². The van der Waals surface area contributed by atoms with Crippen molar-refractivity contribution in [1.82, 2.24) is 19.9 Å². The number of benzene rings is 2. The van der Waals surface area contributed by atoms with Crippen LogP contribution in [-0.4, -0.2) is 70.1 Å². The summed E-state index contributed by atoms with van der Waals surface area (Å²) in [5, 5.41) is 19.2. The Morgan fingerprint density at radius 3 is 1.51 bits per heavy atom. The number of aromatic amines is 2. The van der Waals surface area contributed by atoms with Gasteiger partial charge in [-0.3, -0.25) is 9.59 Å². The molecule has 0 radical (unpaired) electrons. The molecule has 0 atom stereocenters. The highest BCUT2D eigenvalue weighted by Crippen LogP contribution is 2.26. The molecule has 4 aromatic heterocycles. The standard InChI is InChI=1S/C17H16N2O3S.C14H10N2O3S.C3H8O.Cl2OS/c1-9(2)22-17(21)14-10(3)23-16(19-14)15(20)12-8-18-13-7-5-4-6-11(12)13;1-7-11(14(18)19)16-13(20-7)12(17)9-6-15-10-5-3-2-4-8(9)10;1-3(2)4;1-4(2)3/h4-9,18H,1-3H3;2-6,15H,1H3,(H,18,19);3-4H,1-2H3;. The minimum Gasteiger partial charge on any atom is -0.476 e. The van der Waals surface area contributed by atoms with Crippen LogP contribution in [0.25, 0.3) is 21.8 Å². The van der Waals surface area contributed by atoms with Crippen LogP contribution >= 0.6 is 44.0 Å². The molecule has 0 saturated carbocycles. The molecule has 12 nitrogen and oxygen atoms in total. The molecule has 0 unspecified atom stereocenters. The van der Waals surface area contributed by atoms with Gasteiger partial charge in [0, 0.05) is 71.4 Å². The Balaban J connectivity index is 0.000000229. The van der Waals surface area contributed by atoms with E-state index < -0.39 is 21.2 Å². The van der Waals surface area contributed by atoms with E-state index in [2.05, 4.69) is 41.3 Å². The lowest BCUT2D eigenvalue weighted by molar-refractivity contribution is 0.0370. The second kappa shape index (κ2) is 18.8. The third-order valence-corrected chi connectivity index (χ3v) is 8.33. The summed E-state index contributed by atoms with van der Waals surface area (Å²) in [7, 11) is 7.36. The Morgan fingerprint density at radius 1 is 0.765 bits per heavy atom. The zero-order chi connectivity index (χ0) is 38.0. The molecule has 0 amide bonds. The van der Waals surface area contributed by atoms with Gasteiger partial charge in [0.15, 0.2) is 21.4 Å². The van der Waals surface area contributed by atoms with E-state index in [1.54, 1.807) is 53.9 Å². The fraction of sp³-hybridized carbons (Fsp3) is 0.235. The number of para-hydroxylation sites is 2. The molecular formula is C34H34Cl2N4O8S3. The predicted molar refractivity (Wildman–Crippen MR) is 202 cm³/mol. The Bertz CT molecular complexity index is 2180. The van der Waals surface area contributed by atoms with Gasteiger partial charge < -0.3 is 24.9 Å². The Kier molecular flexibility index (Phi) is 15.2. The summed E-state index contributed by atoms with van der Waals surface area (Å²) in [5.41, 5.74) is 2.97. The number of hydrogen-bond acceptors (Lipinski definition) is 11. The molecule has 51 heavy (non-hydrogen) atoms. The number of H-pyrrole nitrogens is 2. The molecule has 0 aliphatic heterocycles. The van der Waals surface area contributed by atoms with Crippen molar-refractivity contribution in [2.45, 2.75) is 53.8 Å². The summed E-state index contributed by atoms with van der Waals surface area (Å²) in [6.07, 6.45) is 2.91. The lowest BCUT2D eigenvalue weighted by Crippen LogP contribution is -2.13. The number of nitrogens with one attached hydrogen (secondary N) is 2. The number of hydrogen-bond donors (Lipinski definition) is 4. The Labute approximate surface area is 312 Å². The van der Waals surface area contributed by atoms with Crippen molar-refractivity contribution in [3.63, 3.8) is 0 Å². The van der Waals surface area contributed by atoms with Gasteiger partial charge in [-0.15, -0.1) is 22.7 Å². The van der Waals surface area contributed by atoms with Crippen LogP contribution in [0.4, 0.5) is 0 Å². The number of halogens is 2. The fourth-order valence-electron chi connectivity index (χ4n) is 4.39. The number of fused-ring (bicyclic) bond motifs is 2. The lowest BCUT2D eigenvalue weighted by Gasteiger charge is -2.05. The van der Waals surface area contributed by atoms with Crippen molar-refractivity contribution in [2.24, 2.45) is 0 Å². The molecule has 6 rings (SSSR count). The van der Waals surface area contributed by atoms with Gasteiger partial charge in [0.1, 0.15) is 0 Å². The van der Waals surface area contributed by atoms with Crippen molar-refractivity contribution in [3.8, 4) is 0 Å². The summed E-state index contributed by atoms with van der Waals surface area (Å²) < 4.78 is 14.2. The van der Waals surface area contributed by atoms with Crippen LogP contribution in [0.2, 0.25) is 0 Å². The average molecular weight is 794 g/mol. The molecule has 270 valence electrons. The number of ether oxygens (including phenoxy) is 1. The van der Waals surface area contributed by atoms with Crippen molar-refractivity contribution in [3.05, 3.63) is 103 Å². The summed E-state index contributed by atoms with van der Waals surface area (Å²) in [4.78, 5) is 63.6. The highest BCUT2D eigenvalue weighted by atomic mass is 36.0. The first-order chi connectivity index (χ1) is 24.0. The first-order valence-corrected chi connectivity index (χ1v) is 19.5. The number of carbonyl (C=O) groups is 4. The van der Waals surface area contributed by atoms with Crippen molar-refractivity contribution >= 4 is 98.6 Å². The summed E-state index contributed by atoms with van der Waals surface area (Å²) in [6, 6.07) is 15.0. The van der Waals surface area contributed by atoms with Crippen molar-refractivity contribution in [1.29, 1.82) is 0 Å². The zero-order valence-corrected chi connectivity index (χ0v) is 32.1. The van der Waals surface area contributed by atoms with Crippen LogP contribution in [0.5, 0.6) is 0 Å². The number of thiazole rings is 2. The molecule has 0 fully saturated rings. The molecule has 0 spiro atoms. The van der Waals surface area contributed by atoms with Gasteiger partial charge in [0.25, 0.3) is 0 Å². The van der Waals surface area contributed by atoms with Gasteiger partial charge in [-0.05, 0) is 53.7 Å². The summed E-state index contributed by atoms with van der Waals surface area (Å²) >= 11 is 2.31. The fourth-order valence-corrected chi connectivity index (χ4v) is 6.11. The topological polar surface area (TPSA) is 192 Å². The summed E-state index contributed by atoms with van der Waals surface area (Å²) in [6.45, 7) is 10.4. The monoisotopic (exact) mass is 792 g/mol. The van der Waals surface area contributed by atoms with Gasteiger partial charge in [0.05, 0.1) is 17.2 Å². The minimum atomic E-state index is -1.67. The molecule has 0 aliphatic carbocycles. The molecular weight excluding hydrogens is 760 g/mol. The second-order valence-electron chi connectivity index (χ2n) is 11.0. The van der Waals surface area contributed by atoms with Crippen molar-refractivity contribution in [2.75, 3.05) is 0 Å². The SMILES string of the molecule is CC(C)O.Cc1sc(C(=O)c2c[nH]c3ccccc23)nc1C(=O)O.Cc1sc(C(=O)c2c[nH]c3ccccc23)nc1C(=O)OC(C)C.O=S(Cl)Cl. The maximum atomic E-state index is 12.7. The first kappa shape index (κ1) is 41.2. The van der Waals surface area contributed by atoms with E-state index in [0.29, 0.717) is 25.9 Å². The molecule has 0 saturated heterocycles. The number of carbonyl (C=O) groups excluding carboxylic acids is 3. The van der Waals surface area contributed by atoms with E-state index in [9.17, 15) is 19.2 Å². The third kappa shape index (κ3) is 11.4. The van der Waals surface area contributed by atoms with Gasteiger partial charge in [0.2, 0.25) is 20.8 Å². The third-order valence-electron chi connectivity index (χ3n) is 6.39. The number of carboxylic acid groups (broad SMARTS) is 1. The molecule has 6 aromatic rings. The van der Waals surface area contributed by atoms with Crippen LogP contribution in [0, 0.1) is 13.8 Å². The quantitative estimate of drug-likeness (QED) is 0.0699. The van der Waals surface area contributed by atoms with Crippen molar-refractivity contribution < 1.29 is 38.3 Å². The minimum absolute atomic E-state index is 0.0572. The van der Waals surface area contributed by atoms with Crippen LogP contribution < -0.4 is 0 Å². The van der Waals surface area contributed by atoms with Gasteiger partial charge in [-0.2, -0.15) is 0 Å². The lowest BCUT2D eigenvalue weighted by atomic mass is 10.1. The molecule has 0 bridgehead atoms. The number of ketones is 2. The number of esters is 1. The van der Waals surface area contributed by atoms with Gasteiger partial charge in [-0.25, -0.2) is 23.8 Å². The van der Waals surface area contributed by atoms with Gasteiger partial charge >= 0.3 is 11.9 Å². The number of aryl methyl sites for hydroxylation is 2. The average Bonchev–Trinajstić information content (AvgIpc) is 3.84. The highest BCUT2D eigenvalue weighted by Gasteiger charge is 2.24. The van der Waals surface area contributed by atoms with E-state index in [4.69, 9.17) is 19.2 Å². The number of aromatic nitrogens is 4.